The number of imidazole rings is 4. The average Bonchev–Trinajstić information content (AvgIpc) is 4.18. The van der Waals surface area contributed by atoms with E-state index in [0.29, 0.717) is 55.4 Å². The molecule has 11 aromatic rings. The molecule has 7 N–H and O–H groups in total. The monoisotopic (exact) mass is 1190 g/mol. The Hall–Kier alpha value is -7.59. The van der Waals surface area contributed by atoms with Crippen LogP contribution >= 0.6 is 17.8 Å². The van der Waals surface area contributed by atoms with Crippen molar-refractivity contribution in [3.63, 3.8) is 0 Å². The van der Waals surface area contributed by atoms with Crippen molar-refractivity contribution in [1.29, 1.82) is 0 Å². The summed E-state index contributed by atoms with van der Waals surface area (Å²) in [4.78, 5) is 50.4. The van der Waals surface area contributed by atoms with Crippen molar-refractivity contribution in [3.8, 4) is 0 Å². The number of aromatic amines is 1. The van der Waals surface area contributed by atoms with Gasteiger partial charge in [0, 0.05) is 98.5 Å². The van der Waals surface area contributed by atoms with Gasteiger partial charge in [0.05, 0.1) is 49.1 Å². The molecule has 0 atom stereocenters. The van der Waals surface area contributed by atoms with Crippen LogP contribution in [0.15, 0.2) is 134 Å². The molecule has 0 aliphatic carbocycles. The molecule has 27 heteroatoms. The molecule has 24 nitrogen and oxygen atoms in total. The molecule has 398 valence electrons. The molecule has 7 heterocycles. The van der Waals surface area contributed by atoms with Crippen LogP contribution in [-0.4, -0.2) is 128 Å². The van der Waals surface area contributed by atoms with Crippen LogP contribution in [0, 0.1) is 20.2 Å². The zero-order chi connectivity index (χ0) is 55.0. The summed E-state index contributed by atoms with van der Waals surface area (Å²) < 4.78 is 27.5. The Kier molecular flexibility index (Phi) is 23.9. The van der Waals surface area contributed by atoms with Gasteiger partial charge in [0.25, 0.3) is 5.69 Å². The SMILES string of the molecule is CCOC(CC(OCC)OCC)OCC.C[N+](=O)[O-].Nc1ccc2c(c1)nc1ncccn12.Nc1ccc2nc3ncccn3c2c1.Nc1nc2ccc([N+](=O)[O-])cc2[nH]1.[Cl][Sn][Cl].c1ccc2c(c1)nc1ncccn12. The van der Waals surface area contributed by atoms with Crippen molar-refractivity contribution >= 4 is 121 Å². The van der Waals surface area contributed by atoms with E-state index in [2.05, 4.69) is 39.9 Å². The number of hydrogen-bond acceptors (Lipinski definition) is 18. The molecular formula is C49H56Cl2N16O8Sn. The third-order valence-electron chi connectivity index (χ3n) is 9.99. The Bertz CT molecular complexity index is 3480. The van der Waals surface area contributed by atoms with E-state index in [1.54, 1.807) is 24.7 Å². The van der Waals surface area contributed by atoms with Gasteiger partial charge < -0.3 is 41.1 Å². The van der Waals surface area contributed by atoms with Crippen LogP contribution in [0.2, 0.25) is 0 Å². The van der Waals surface area contributed by atoms with Crippen molar-refractivity contribution < 1.29 is 28.8 Å². The first-order chi connectivity index (χ1) is 36.7. The number of aromatic nitrogens is 11. The van der Waals surface area contributed by atoms with Gasteiger partial charge in [-0.2, -0.15) is 0 Å². The van der Waals surface area contributed by atoms with Crippen LogP contribution in [0.4, 0.5) is 23.0 Å². The van der Waals surface area contributed by atoms with Crippen LogP contribution in [0.1, 0.15) is 34.1 Å². The summed E-state index contributed by atoms with van der Waals surface area (Å²) in [6.07, 6.45) is 11.2. The summed E-state index contributed by atoms with van der Waals surface area (Å²) in [5.74, 6) is 2.42. The number of para-hydroxylation sites is 2. The molecule has 0 aliphatic rings. The molecule has 4 aromatic carbocycles. The first-order valence-corrected chi connectivity index (χ1v) is 30.5. The summed E-state index contributed by atoms with van der Waals surface area (Å²) in [5, 5.41) is 19.2. The van der Waals surface area contributed by atoms with Gasteiger partial charge >= 0.3 is 36.7 Å². The van der Waals surface area contributed by atoms with Gasteiger partial charge in [-0.3, -0.25) is 33.4 Å². The van der Waals surface area contributed by atoms with Gasteiger partial charge in [-0.25, -0.2) is 34.9 Å². The smallest absolute Gasteiger partial charge is 0.234 e. The van der Waals surface area contributed by atoms with E-state index in [4.69, 9.17) is 64.1 Å². The minimum absolute atomic E-state index is 0.0242. The molecule has 7 aromatic heterocycles. The van der Waals surface area contributed by atoms with Gasteiger partial charge in [-0.05, 0) is 100 Å². The predicted molar refractivity (Wildman–Crippen MR) is 297 cm³/mol. The number of H-pyrrole nitrogens is 1. The Morgan fingerprint density at radius 2 is 1.01 bits per heavy atom. The van der Waals surface area contributed by atoms with Gasteiger partial charge in [-0.1, -0.05) is 12.1 Å². The van der Waals surface area contributed by atoms with Crippen molar-refractivity contribution in [2.24, 2.45) is 0 Å². The molecule has 2 radical (unpaired) electrons. The second-order valence-electron chi connectivity index (χ2n) is 15.2. The van der Waals surface area contributed by atoms with Crippen molar-refractivity contribution in [1.82, 2.24) is 53.1 Å². The maximum absolute atomic E-state index is 10.4. The van der Waals surface area contributed by atoms with Crippen molar-refractivity contribution in [2.45, 2.75) is 46.7 Å². The van der Waals surface area contributed by atoms with Crippen LogP contribution in [0.3, 0.4) is 0 Å². The number of nitrogens with zero attached hydrogens (tertiary/aromatic N) is 12. The third kappa shape index (κ3) is 17.5. The molecular weight excluding hydrogens is 1130 g/mol. The summed E-state index contributed by atoms with van der Waals surface area (Å²) in [5.41, 5.74) is 25.4. The second-order valence-corrected chi connectivity index (χ2v) is 19.4. The van der Waals surface area contributed by atoms with Crippen LogP contribution < -0.4 is 17.2 Å². The fourth-order valence-corrected chi connectivity index (χ4v) is 7.05. The van der Waals surface area contributed by atoms with E-state index in [-0.39, 0.29) is 24.2 Å². The van der Waals surface area contributed by atoms with Gasteiger partial charge in [0.15, 0.2) is 25.6 Å². The van der Waals surface area contributed by atoms with Crippen LogP contribution in [-0.2, 0) is 18.9 Å². The summed E-state index contributed by atoms with van der Waals surface area (Å²) in [6.45, 7) is 10.3. The van der Waals surface area contributed by atoms with Gasteiger partial charge in [0.2, 0.25) is 17.3 Å². The average molecular weight is 1190 g/mol. The van der Waals surface area contributed by atoms with E-state index in [9.17, 15) is 10.1 Å². The number of fused-ring (bicyclic) bond motifs is 10. The Morgan fingerprint density at radius 1 is 0.579 bits per heavy atom. The number of rotatable bonds is 11. The van der Waals surface area contributed by atoms with E-state index >= 15 is 0 Å². The van der Waals surface area contributed by atoms with E-state index in [1.165, 1.54) is 12.1 Å². The molecule has 0 unspecified atom stereocenters. The van der Waals surface area contributed by atoms with E-state index in [0.717, 1.165) is 57.3 Å². The van der Waals surface area contributed by atoms with E-state index < -0.39 is 28.7 Å². The summed E-state index contributed by atoms with van der Waals surface area (Å²) >= 11 is -0.826. The molecule has 0 aliphatic heterocycles. The number of non-ortho nitro benzene ring substituents is 1. The van der Waals surface area contributed by atoms with Crippen LogP contribution in [0.5, 0.6) is 0 Å². The maximum Gasteiger partial charge on any atom is 0.234 e. The molecule has 0 saturated carbocycles. The minimum atomic E-state index is -0.826. The quantitative estimate of drug-likeness (QED) is 0.0308. The predicted octanol–water partition coefficient (Wildman–Crippen LogP) is 8.93. The van der Waals surface area contributed by atoms with Crippen LogP contribution in [0.25, 0.3) is 61.5 Å². The standard InChI is InChI=1S/C11H24O4.2C10H8N4.C10H7N3.C7H6N4O2.CH3NO2.2ClH.Sn/c1-5-12-10(13-6-2)9-11(14-7-3)15-8-4;11-7-2-3-9-8(6-7)13-10-12-4-1-5-14(9)10;11-7-2-3-8-9(6-7)14-5-1-4-12-10(14)13-8;1-2-5-9-8(4-1)12-10-11-6-3-7-13(9)10;8-7-9-5-2-1-4(11(12)13)3-6(5)10-7;1-2(3)4;;;/h10-11H,5-9H2,1-4H3;2*1-6H,11H2;1-7H;1-3H,(H3,8,9,10);1H3;2*1H;/q;;;;;;;;+2/p-2. The number of nitrogens with two attached hydrogens (primary N) is 3. The first-order valence-electron chi connectivity index (χ1n) is 23.3. The number of ether oxygens (including phenoxy) is 4. The molecule has 0 amide bonds. The number of benzene rings is 4. The molecule has 0 bridgehead atoms. The number of nitrogen functional groups attached to an aromatic ring is 3. The zero-order valence-corrected chi connectivity index (χ0v) is 46.4. The molecule has 0 saturated heterocycles. The summed E-state index contributed by atoms with van der Waals surface area (Å²) in [7, 11) is 10.8. The molecule has 76 heavy (non-hydrogen) atoms. The Labute approximate surface area is 452 Å². The first kappa shape index (κ1) is 59.3. The molecule has 0 fully saturated rings. The summed E-state index contributed by atoms with van der Waals surface area (Å²) in [6, 6.07) is 29.3. The zero-order valence-electron chi connectivity index (χ0n) is 42.0. The minimum Gasteiger partial charge on any atom is -0.284 e. The van der Waals surface area contributed by atoms with Crippen molar-refractivity contribution in [2.75, 3.05) is 50.7 Å². The van der Waals surface area contributed by atoms with Gasteiger partial charge in [0.1, 0.15) is 0 Å². The number of anilines is 3. The van der Waals surface area contributed by atoms with Gasteiger partial charge in [-0.15, -0.1) is 0 Å². The number of hydrogen-bond donors (Lipinski definition) is 4. The normalized spacial score (nSPS) is 10.6. The largest absolute Gasteiger partial charge is 0.284 e. The number of halogens is 2. The Balaban J connectivity index is 0.000000170. The fraction of sp³-hybridized carbons (Fsp3) is 0.245. The topological polar surface area (TPSA) is 321 Å². The van der Waals surface area contributed by atoms with E-state index in [1.807, 2.05) is 138 Å². The number of nitro groups is 2. The molecule has 11 rings (SSSR count). The Morgan fingerprint density at radius 3 is 1.53 bits per heavy atom. The second kappa shape index (κ2) is 30.7. The number of nitrogens with one attached hydrogen (secondary N) is 1. The maximum atomic E-state index is 10.4. The fourth-order valence-electron chi connectivity index (χ4n) is 7.05. The van der Waals surface area contributed by atoms with Crippen molar-refractivity contribution in [3.05, 3.63) is 154 Å². The third-order valence-corrected chi connectivity index (χ3v) is 9.99. The molecule has 0 spiro atoms. The number of nitro benzene ring substituents is 1.